The number of nitrogens with one attached hydrogen (secondary N) is 1. The Morgan fingerprint density at radius 1 is 1.08 bits per heavy atom. The Morgan fingerprint density at radius 2 is 1.79 bits per heavy atom. The number of aryl methyl sites for hydroxylation is 1. The van der Waals surface area contributed by atoms with Gasteiger partial charge in [0, 0.05) is 11.4 Å². The van der Waals surface area contributed by atoms with Gasteiger partial charge in [-0.1, -0.05) is 36.4 Å². The molecule has 1 unspecified atom stereocenters. The number of hydrogen-bond donors (Lipinski definition) is 1. The van der Waals surface area contributed by atoms with Crippen molar-refractivity contribution in [3.63, 3.8) is 0 Å². The zero-order valence-corrected chi connectivity index (χ0v) is 14.1. The van der Waals surface area contributed by atoms with Crippen molar-refractivity contribution in [2.45, 2.75) is 25.8 Å². The third-order valence-corrected chi connectivity index (χ3v) is 4.68. The van der Waals surface area contributed by atoms with Gasteiger partial charge in [0.1, 0.15) is 0 Å². The quantitative estimate of drug-likeness (QED) is 0.823. The highest BCUT2D eigenvalue weighted by atomic mass is 32.2. The standard InChI is InChI=1S/C18H19F2NO2S/c1-14(7-8-16-9-10-17(19)18(20)13-16)21-24(22,23)12-11-15-5-3-2-4-6-15/h2-6,9-14,21H,7-8H2,1H3. The van der Waals surface area contributed by atoms with E-state index in [0.29, 0.717) is 18.4 Å². The zero-order chi connectivity index (χ0) is 17.6. The third kappa shape index (κ3) is 5.86. The molecule has 0 saturated heterocycles. The molecule has 128 valence electrons. The predicted octanol–water partition coefficient (Wildman–Crippen LogP) is 3.88. The SMILES string of the molecule is CC(CCc1ccc(F)c(F)c1)NS(=O)(=O)C=Cc1ccccc1. The Morgan fingerprint density at radius 3 is 2.46 bits per heavy atom. The van der Waals surface area contributed by atoms with Gasteiger partial charge in [0.15, 0.2) is 11.6 Å². The molecule has 24 heavy (non-hydrogen) atoms. The summed E-state index contributed by atoms with van der Waals surface area (Å²) in [7, 11) is -3.56. The molecule has 0 aliphatic rings. The first-order valence-electron chi connectivity index (χ1n) is 7.55. The van der Waals surface area contributed by atoms with E-state index in [1.807, 2.05) is 18.2 Å². The van der Waals surface area contributed by atoms with Crippen molar-refractivity contribution in [2.75, 3.05) is 0 Å². The molecule has 0 bridgehead atoms. The van der Waals surface area contributed by atoms with Crippen LogP contribution in [-0.4, -0.2) is 14.5 Å². The van der Waals surface area contributed by atoms with Crippen LogP contribution in [0.1, 0.15) is 24.5 Å². The van der Waals surface area contributed by atoms with Crippen LogP contribution in [0.4, 0.5) is 8.78 Å². The van der Waals surface area contributed by atoms with Gasteiger partial charge in [-0.15, -0.1) is 0 Å². The highest BCUT2D eigenvalue weighted by molar-refractivity contribution is 7.92. The highest BCUT2D eigenvalue weighted by Gasteiger charge is 2.12. The maximum Gasteiger partial charge on any atom is 0.233 e. The van der Waals surface area contributed by atoms with Crippen molar-refractivity contribution in [1.29, 1.82) is 0 Å². The van der Waals surface area contributed by atoms with E-state index in [0.717, 1.165) is 23.1 Å². The molecule has 2 aromatic rings. The van der Waals surface area contributed by atoms with E-state index < -0.39 is 21.7 Å². The second-order valence-corrected chi connectivity index (χ2v) is 7.16. The molecule has 6 heteroatoms. The topological polar surface area (TPSA) is 46.2 Å². The summed E-state index contributed by atoms with van der Waals surface area (Å²) in [6.07, 6.45) is 2.44. The second-order valence-electron chi connectivity index (χ2n) is 5.56. The first kappa shape index (κ1) is 18.3. The van der Waals surface area contributed by atoms with E-state index in [-0.39, 0.29) is 6.04 Å². The lowest BCUT2D eigenvalue weighted by molar-refractivity contribution is 0.505. The Hall–Kier alpha value is -2.05. The number of benzene rings is 2. The van der Waals surface area contributed by atoms with Crippen LogP contribution in [0.5, 0.6) is 0 Å². The molecular weight excluding hydrogens is 332 g/mol. The number of hydrogen-bond acceptors (Lipinski definition) is 2. The van der Waals surface area contributed by atoms with Crippen LogP contribution in [-0.2, 0) is 16.4 Å². The van der Waals surface area contributed by atoms with Gasteiger partial charge < -0.3 is 0 Å². The molecule has 0 fully saturated rings. The normalized spacial score (nSPS) is 13.3. The summed E-state index contributed by atoms with van der Waals surface area (Å²) < 4.78 is 52.6. The lowest BCUT2D eigenvalue weighted by atomic mass is 10.1. The van der Waals surface area contributed by atoms with Crippen LogP contribution in [0.25, 0.3) is 6.08 Å². The molecule has 2 aromatic carbocycles. The van der Waals surface area contributed by atoms with Crippen molar-refractivity contribution < 1.29 is 17.2 Å². The monoisotopic (exact) mass is 351 g/mol. The van der Waals surface area contributed by atoms with E-state index in [1.54, 1.807) is 19.1 Å². The summed E-state index contributed by atoms with van der Waals surface area (Å²) in [4.78, 5) is 0. The number of rotatable bonds is 7. The molecule has 3 nitrogen and oxygen atoms in total. The summed E-state index contributed by atoms with van der Waals surface area (Å²) in [5, 5.41) is 1.12. The van der Waals surface area contributed by atoms with Gasteiger partial charge in [0.25, 0.3) is 0 Å². The van der Waals surface area contributed by atoms with E-state index in [4.69, 9.17) is 0 Å². The smallest absolute Gasteiger partial charge is 0.209 e. The lowest BCUT2D eigenvalue weighted by Crippen LogP contribution is -2.31. The van der Waals surface area contributed by atoms with Crippen molar-refractivity contribution in [3.05, 3.63) is 76.7 Å². The number of halogens is 2. The summed E-state index contributed by atoms with van der Waals surface area (Å²) >= 11 is 0. The largest absolute Gasteiger partial charge is 0.233 e. The van der Waals surface area contributed by atoms with Crippen molar-refractivity contribution in [1.82, 2.24) is 4.72 Å². The van der Waals surface area contributed by atoms with Gasteiger partial charge >= 0.3 is 0 Å². The molecule has 0 saturated carbocycles. The summed E-state index contributed by atoms with van der Waals surface area (Å²) in [6, 6.07) is 12.5. The van der Waals surface area contributed by atoms with Crippen molar-refractivity contribution in [2.24, 2.45) is 0 Å². The average molecular weight is 351 g/mol. The third-order valence-electron chi connectivity index (χ3n) is 3.45. The summed E-state index contributed by atoms with van der Waals surface area (Å²) in [5.74, 6) is -1.79. The molecule has 0 spiro atoms. The predicted molar refractivity (Wildman–Crippen MR) is 91.7 cm³/mol. The maximum atomic E-state index is 13.1. The molecule has 0 heterocycles. The molecule has 2 rings (SSSR count). The average Bonchev–Trinajstić information content (AvgIpc) is 2.55. The van der Waals surface area contributed by atoms with Gasteiger partial charge in [-0.2, -0.15) is 0 Å². The fourth-order valence-corrected chi connectivity index (χ4v) is 3.28. The van der Waals surface area contributed by atoms with Crippen molar-refractivity contribution >= 4 is 16.1 Å². The van der Waals surface area contributed by atoms with E-state index in [1.165, 1.54) is 12.1 Å². The molecular formula is C18H19F2NO2S. The Bertz CT molecular complexity index is 805. The van der Waals surface area contributed by atoms with Crippen LogP contribution in [0.3, 0.4) is 0 Å². The van der Waals surface area contributed by atoms with Crippen LogP contribution in [0.15, 0.2) is 53.9 Å². The van der Waals surface area contributed by atoms with Gasteiger partial charge in [0.05, 0.1) is 0 Å². The lowest BCUT2D eigenvalue weighted by Gasteiger charge is -2.12. The van der Waals surface area contributed by atoms with Gasteiger partial charge in [-0.25, -0.2) is 21.9 Å². The minimum absolute atomic E-state index is 0.330. The first-order chi connectivity index (χ1) is 11.4. The molecule has 0 radical (unpaired) electrons. The minimum atomic E-state index is -3.56. The molecule has 1 atom stereocenters. The molecule has 0 aliphatic carbocycles. The Kier molecular flexibility index (Phi) is 6.23. The van der Waals surface area contributed by atoms with Crippen LogP contribution in [0, 0.1) is 11.6 Å². The van der Waals surface area contributed by atoms with Gasteiger partial charge in [0.2, 0.25) is 10.0 Å². The van der Waals surface area contributed by atoms with Gasteiger partial charge in [-0.05, 0) is 49.1 Å². The fraction of sp³-hybridized carbons (Fsp3) is 0.222. The zero-order valence-electron chi connectivity index (χ0n) is 13.2. The van der Waals surface area contributed by atoms with Gasteiger partial charge in [-0.3, -0.25) is 0 Å². The summed E-state index contributed by atoms with van der Waals surface area (Å²) in [5.41, 5.74) is 1.41. The van der Waals surface area contributed by atoms with Crippen LogP contribution in [0.2, 0.25) is 0 Å². The maximum absolute atomic E-state index is 13.1. The molecule has 1 N–H and O–H groups in total. The first-order valence-corrected chi connectivity index (χ1v) is 9.10. The van der Waals surface area contributed by atoms with Crippen molar-refractivity contribution in [3.8, 4) is 0 Å². The second kappa shape index (κ2) is 8.17. The number of sulfonamides is 1. The molecule has 0 aliphatic heterocycles. The fourth-order valence-electron chi connectivity index (χ4n) is 2.19. The Labute approximate surface area is 141 Å². The van der Waals surface area contributed by atoms with E-state index >= 15 is 0 Å². The van der Waals surface area contributed by atoms with E-state index in [2.05, 4.69) is 4.72 Å². The Balaban J connectivity index is 1.89. The van der Waals surface area contributed by atoms with E-state index in [9.17, 15) is 17.2 Å². The molecule has 0 aromatic heterocycles. The highest BCUT2D eigenvalue weighted by Crippen LogP contribution is 2.12. The van der Waals surface area contributed by atoms with Crippen LogP contribution < -0.4 is 4.72 Å². The minimum Gasteiger partial charge on any atom is -0.209 e. The molecule has 0 amide bonds. The summed E-state index contributed by atoms with van der Waals surface area (Å²) in [6.45, 7) is 1.73. The van der Waals surface area contributed by atoms with Crippen LogP contribution >= 0.6 is 0 Å².